The largest absolute Gasteiger partial charge is 0.479 e. The first-order valence-electron chi connectivity index (χ1n) is 6.68. The van der Waals surface area contributed by atoms with Crippen LogP contribution in [0.3, 0.4) is 0 Å². The molecule has 1 rings (SSSR count). The number of carbonyl (C=O) groups excluding carboxylic acids is 1. The third kappa shape index (κ3) is 4.43. The Hall–Kier alpha value is -1.73. The summed E-state index contributed by atoms with van der Waals surface area (Å²) >= 11 is 5.88. The molecule has 1 aromatic rings. The second kappa shape index (κ2) is 7.76. The molecule has 0 heterocycles. The van der Waals surface area contributed by atoms with E-state index in [1.54, 1.807) is 25.1 Å². The maximum absolute atomic E-state index is 12.0. The Morgan fingerprint density at radius 1 is 1.45 bits per heavy atom. The van der Waals surface area contributed by atoms with Crippen molar-refractivity contribution in [3.63, 3.8) is 0 Å². The standard InChI is InChI=1S/C15H19ClN2O2/c1-4-13(5-2)18-15(19)10(3)20-14-8-12(16)7-6-11(14)9-17/h6-8,10,13H,4-5H2,1-3H3,(H,18,19). The molecule has 1 aromatic carbocycles. The van der Waals surface area contributed by atoms with E-state index in [-0.39, 0.29) is 11.9 Å². The molecule has 0 saturated heterocycles. The van der Waals surface area contributed by atoms with Gasteiger partial charge in [0.25, 0.3) is 5.91 Å². The molecular formula is C15H19ClN2O2. The monoisotopic (exact) mass is 294 g/mol. The van der Waals surface area contributed by atoms with E-state index in [9.17, 15) is 4.79 Å². The molecule has 0 aliphatic carbocycles. The highest BCUT2D eigenvalue weighted by Gasteiger charge is 2.18. The van der Waals surface area contributed by atoms with Crippen molar-refractivity contribution in [3.8, 4) is 11.8 Å². The van der Waals surface area contributed by atoms with Gasteiger partial charge < -0.3 is 10.1 Å². The fraction of sp³-hybridized carbons (Fsp3) is 0.467. The molecule has 0 aromatic heterocycles. The zero-order valence-corrected chi connectivity index (χ0v) is 12.7. The minimum Gasteiger partial charge on any atom is -0.479 e. The highest BCUT2D eigenvalue weighted by atomic mass is 35.5. The maximum Gasteiger partial charge on any atom is 0.260 e. The van der Waals surface area contributed by atoms with Gasteiger partial charge in [0.15, 0.2) is 6.10 Å². The molecular weight excluding hydrogens is 276 g/mol. The molecule has 0 bridgehead atoms. The van der Waals surface area contributed by atoms with Crippen molar-refractivity contribution >= 4 is 17.5 Å². The summed E-state index contributed by atoms with van der Waals surface area (Å²) in [6, 6.07) is 6.89. The average Bonchev–Trinajstić information content (AvgIpc) is 2.44. The van der Waals surface area contributed by atoms with E-state index in [4.69, 9.17) is 21.6 Å². The molecule has 4 nitrogen and oxygen atoms in total. The van der Waals surface area contributed by atoms with Gasteiger partial charge in [0.2, 0.25) is 0 Å². The Bertz CT molecular complexity index is 507. The van der Waals surface area contributed by atoms with Crippen LogP contribution in [0.5, 0.6) is 5.75 Å². The number of nitrogens with zero attached hydrogens (tertiary/aromatic N) is 1. The Balaban J connectivity index is 2.75. The number of ether oxygens (including phenoxy) is 1. The van der Waals surface area contributed by atoms with Gasteiger partial charge in [-0.2, -0.15) is 5.26 Å². The topological polar surface area (TPSA) is 62.1 Å². The molecule has 20 heavy (non-hydrogen) atoms. The summed E-state index contributed by atoms with van der Waals surface area (Å²) in [5, 5.41) is 12.4. The molecule has 0 spiro atoms. The number of hydrogen-bond donors (Lipinski definition) is 1. The van der Waals surface area contributed by atoms with Crippen molar-refractivity contribution in [1.82, 2.24) is 5.32 Å². The lowest BCUT2D eigenvalue weighted by molar-refractivity contribution is -0.128. The van der Waals surface area contributed by atoms with Crippen LogP contribution in [0.25, 0.3) is 0 Å². The number of amides is 1. The maximum atomic E-state index is 12.0. The van der Waals surface area contributed by atoms with E-state index < -0.39 is 6.10 Å². The summed E-state index contributed by atoms with van der Waals surface area (Å²) in [4.78, 5) is 12.0. The summed E-state index contributed by atoms with van der Waals surface area (Å²) in [6.07, 6.45) is 1.06. The number of nitriles is 1. The van der Waals surface area contributed by atoms with Crippen molar-refractivity contribution in [2.75, 3.05) is 0 Å². The summed E-state index contributed by atoms with van der Waals surface area (Å²) in [5.74, 6) is 0.134. The average molecular weight is 295 g/mol. The SMILES string of the molecule is CCC(CC)NC(=O)C(C)Oc1cc(Cl)ccc1C#N. The number of carbonyl (C=O) groups is 1. The quantitative estimate of drug-likeness (QED) is 0.876. The smallest absolute Gasteiger partial charge is 0.260 e. The van der Waals surface area contributed by atoms with E-state index in [0.717, 1.165) is 12.8 Å². The first-order valence-corrected chi connectivity index (χ1v) is 7.06. The summed E-state index contributed by atoms with van der Waals surface area (Å²) in [7, 11) is 0. The molecule has 1 atom stereocenters. The first kappa shape index (κ1) is 16.3. The summed E-state index contributed by atoms with van der Waals surface area (Å²) < 4.78 is 5.55. The van der Waals surface area contributed by atoms with Crippen molar-refractivity contribution in [2.24, 2.45) is 0 Å². The van der Waals surface area contributed by atoms with Gasteiger partial charge in [0.05, 0.1) is 5.56 Å². The predicted molar refractivity (Wildman–Crippen MR) is 78.8 cm³/mol. The fourth-order valence-corrected chi connectivity index (χ4v) is 1.90. The van der Waals surface area contributed by atoms with Crippen LogP contribution in [0.4, 0.5) is 0 Å². The van der Waals surface area contributed by atoms with E-state index in [1.165, 1.54) is 0 Å². The first-order chi connectivity index (χ1) is 9.51. The third-order valence-corrected chi connectivity index (χ3v) is 3.30. The van der Waals surface area contributed by atoms with Gasteiger partial charge in [-0.1, -0.05) is 25.4 Å². The molecule has 1 unspecified atom stereocenters. The molecule has 5 heteroatoms. The van der Waals surface area contributed by atoms with Crippen LogP contribution in [-0.2, 0) is 4.79 Å². The fourth-order valence-electron chi connectivity index (χ4n) is 1.74. The van der Waals surface area contributed by atoms with Gasteiger partial charge in [0.1, 0.15) is 11.8 Å². The molecule has 0 radical (unpaired) electrons. The van der Waals surface area contributed by atoms with E-state index >= 15 is 0 Å². The van der Waals surface area contributed by atoms with Crippen molar-refractivity contribution in [1.29, 1.82) is 5.26 Å². The van der Waals surface area contributed by atoms with Crippen LogP contribution in [0.1, 0.15) is 39.2 Å². The molecule has 1 N–H and O–H groups in total. The third-order valence-electron chi connectivity index (χ3n) is 3.07. The van der Waals surface area contributed by atoms with Gasteiger partial charge in [-0.05, 0) is 31.9 Å². The number of hydrogen-bond acceptors (Lipinski definition) is 3. The van der Waals surface area contributed by atoms with E-state index in [1.807, 2.05) is 19.9 Å². The van der Waals surface area contributed by atoms with Crippen LogP contribution < -0.4 is 10.1 Å². The zero-order valence-electron chi connectivity index (χ0n) is 11.9. The Morgan fingerprint density at radius 3 is 2.65 bits per heavy atom. The lowest BCUT2D eigenvalue weighted by atomic mass is 10.1. The van der Waals surface area contributed by atoms with Gasteiger partial charge in [-0.3, -0.25) is 4.79 Å². The van der Waals surface area contributed by atoms with Crippen LogP contribution in [-0.4, -0.2) is 18.1 Å². The van der Waals surface area contributed by atoms with Crippen LogP contribution in [0, 0.1) is 11.3 Å². The van der Waals surface area contributed by atoms with Crippen LogP contribution in [0.2, 0.25) is 5.02 Å². The molecule has 0 aliphatic rings. The van der Waals surface area contributed by atoms with Crippen LogP contribution >= 0.6 is 11.6 Å². The van der Waals surface area contributed by atoms with Gasteiger partial charge >= 0.3 is 0 Å². The van der Waals surface area contributed by atoms with Gasteiger partial charge in [-0.25, -0.2) is 0 Å². The van der Waals surface area contributed by atoms with E-state index in [0.29, 0.717) is 16.3 Å². The number of rotatable bonds is 6. The second-order valence-electron chi connectivity index (χ2n) is 4.53. The number of benzene rings is 1. The molecule has 0 aliphatic heterocycles. The van der Waals surface area contributed by atoms with Crippen molar-refractivity contribution in [2.45, 2.75) is 45.8 Å². The Morgan fingerprint density at radius 2 is 2.10 bits per heavy atom. The Labute approximate surface area is 124 Å². The normalized spacial score (nSPS) is 11.8. The van der Waals surface area contributed by atoms with Gasteiger partial charge in [0, 0.05) is 17.1 Å². The Kier molecular flexibility index (Phi) is 6.33. The number of nitrogens with one attached hydrogen (secondary N) is 1. The highest BCUT2D eigenvalue weighted by molar-refractivity contribution is 6.30. The van der Waals surface area contributed by atoms with Crippen molar-refractivity contribution < 1.29 is 9.53 Å². The minimum atomic E-state index is -0.679. The van der Waals surface area contributed by atoms with Gasteiger partial charge in [-0.15, -0.1) is 0 Å². The zero-order chi connectivity index (χ0) is 15.1. The number of halogens is 1. The predicted octanol–water partition coefficient (Wildman–Crippen LogP) is 3.28. The molecule has 0 fully saturated rings. The molecule has 108 valence electrons. The summed E-state index contributed by atoms with van der Waals surface area (Å²) in [6.45, 7) is 5.69. The summed E-state index contributed by atoms with van der Waals surface area (Å²) in [5.41, 5.74) is 0.358. The molecule has 0 saturated carbocycles. The second-order valence-corrected chi connectivity index (χ2v) is 4.97. The lowest BCUT2D eigenvalue weighted by Gasteiger charge is -2.20. The molecule has 1 amide bonds. The van der Waals surface area contributed by atoms with E-state index in [2.05, 4.69) is 5.32 Å². The highest BCUT2D eigenvalue weighted by Crippen LogP contribution is 2.23. The van der Waals surface area contributed by atoms with Crippen LogP contribution in [0.15, 0.2) is 18.2 Å². The lowest BCUT2D eigenvalue weighted by Crippen LogP contribution is -2.42. The minimum absolute atomic E-state index is 0.142. The van der Waals surface area contributed by atoms with Crippen molar-refractivity contribution in [3.05, 3.63) is 28.8 Å².